The summed E-state index contributed by atoms with van der Waals surface area (Å²) in [6.45, 7) is 4.22. The van der Waals surface area contributed by atoms with Gasteiger partial charge in [0, 0.05) is 6.54 Å². The van der Waals surface area contributed by atoms with Crippen molar-refractivity contribution in [2.75, 3.05) is 18.5 Å². The van der Waals surface area contributed by atoms with Crippen molar-refractivity contribution < 1.29 is 14.2 Å². The summed E-state index contributed by atoms with van der Waals surface area (Å²) in [4.78, 5) is 0. The summed E-state index contributed by atoms with van der Waals surface area (Å²) in [5.74, 6) is -0.458. The molecule has 0 saturated heterocycles. The van der Waals surface area contributed by atoms with Gasteiger partial charge in [-0.3, -0.25) is 0 Å². The van der Waals surface area contributed by atoms with Crippen LogP contribution in [0.3, 0.4) is 0 Å². The van der Waals surface area contributed by atoms with E-state index in [1.807, 2.05) is 19.9 Å². The number of nitrogens with zero attached hydrogens (tertiary/aromatic N) is 1. The van der Waals surface area contributed by atoms with Crippen LogP contribution in [0.4, 0.5) is 10.1 Å². The third kappa shape index (κ3) is 4.70. The first-order valence-electron chi connectivity index (χ1n) is 5.76. The first kappa shape index (κ1) is 14.4. The third-order valence-corrected chi connectivity index (χ3v) is 2.25. The third-order valence-electron chi connectivity index (χ3n) is 2.25. The summed E-state index contributed by atoms with van der Waals surface area (Å²) in [6.07, 6.45) is -0.621. The minimum Gasteiger partial charge on any atom is -0.389 e. The largest absolute Gasteiger partial charge is 0.389 e. The molecule has 0 radical (unpaired) electrons. The van der Waals surface area contributed by atoms with Crippen LogP contribution in [-0.4, -0.2) is 30.5 Å². The highest BCUT2D eigenvalue weighted by atomic mass is 19.1. The minimum atomic E-state index is -0.677. The van der Waals surface area contributed by atoms with E-state index in [0.29, 0.717) is 5.69 Å². The molecule has 18 heavy (non-hydrogen) atoms. The highest BCUT2D eigenvalue weighted by Gasteiger charge is 2.08. The van der Waals surface area contributed by atoms with Gasteiger partial charge >= 0.3 is 0 Å². The molecule has 1 aromatic carbocycles. The standard InChI is InChI=1S/C13H17FN2O2/c1-9(2)18-8-12(17)7-16-13-4-3-11(14)5-10(13)6-15/h3-5,9,12,16-17H,7-8H2,1-2H3. The van der Waals surface area contributed by atoms with Crippen LogP contribution in [0.1, 0.15) is 19.4 Å². The molecule has 0 amide bonds. The second-order valence-electron chi connectivity index (χ2n) is 4.22. The Morgan fingerprint density at radius 3 is 2.83 bits per heavy atom. The van der Waals surface area contributed by atoms with Crippen LogP contribution in [0, 0.1) is 17.1 Å². The number of anilines is 1. The van der Waals surface area contributed by atoms with E-state index in [-0.39, 0.29) is 24.8 Å². The molecule has 4 nitrogen and oxygen atoms in total. The van der Waals surface area contributed by atoms with Crippen molar-refractivity contribution in [3.63, 3.8) is 0 Å². The summed E-state index contributed by atoms with van der Waals surface area (Å²) in [5.41, 5.74) is 0.717. The van der Waals surface area contributed by atoms with Crippen molar-refractivity contribution >= 4 is 5.69 Å². The fourth-order valence-corrected chi connectivity index (χ4v) is 1.35. The maximum Gasteiger partial charge on any atom is 0.124 e. The molecular weight excluding hydrogens is 235 g/mol. The molecule has 98 valence electrons. The fourth-order valence-electron chi connectivity index (χ4n) is 1.35. The summed E-state index contributed by atoms with van der Waals surface area (Å²) in [7, 11) is 0. The number of ether oxygens (including phenoxy) is 1. The van der Waals surface area contributed by atoms with E-state index in [2.05, 4.69) is 5.32 Å². The lowest BCUT2D eigenvalue weighted by atomic mass is 10.2. The Morgan fingerprint density at radius 2 is 2.22 bits per heavy atom. The Labute approximate surface area is 106 Å². The van der Waals surface area contributed by atoms with Crippen molar-refractivity contribution in [1.82, 2.24) is 0 Å². The van der Waals surface area contributed by atoms with Crippen LogP contribution >= 0.6 is 0 Å². The van der Waals surface area contributed by atoms with E-state index >= 15 is 0 Å². The molecule has 1 rings (SSSR count). The van der Waals surface area contributed by atoms with Gasteiger partial charge in [0.05, 0.1) is 30.1 Å². The maximum atomic E-state index is 12.9. The Morgan fingerprint density at radius 1 is 1.50 bits per heavy atom. The molecule has 0 bridgehead atoms. The summed E-state index contributed by atoms with van der Waals surface area (Å²) in [5, 5.41) is 21.4. The summed E-state index contributed by atoms with van der Waals surface area (Å²) < 4.78 is 18.1. The predicted octanol–water partition coefficient (Wildman–Crippen LogP) is 1.90. The molecule has 0 heterocycles. The van der Waals surface area contributed by atoms with E-state index in [1.54, 1.807) is 0 Å². The van der Waals surface area contributed by atoms with E-state index in [9.17, 15) is 9.50 Å². The van der Waals surface area contributed by atoms with Gasteiger partial charge in [-0.2, -0.15) is 5.26 Å². The molecule has 0 aromatic heterocycles. The number of aliphatic hydroxyl groups excluding tert-OH is 1. The number of benzene rings is 1. The molecule has 0 fully saturated rings. The van der Waals surface area contributed by atoms with Gasteiger partial charge in [-0.1, -0.05) is 0 Å². The number of aliphatic hydroxyl groups is 1. The van der Waals surface area contributed by atoms with Crippen LogP contribution in [0.15, 0.2) is 18.2 Å². The highest BCUT2D eigenvalue weighted by Crippen LogP contribution is 2.15. The predicted molar refractivity (Wildman–Crippen MR) is 66.7 cm³/mol. The van der Waals surface area contributed by atoms with E-state index in [0.717, 1.165) is 6.07 Å². The molecule has 2 N–H and O–H groups in total. The van der Waals surface area contributed by atoms with E-state index < -0.39 is 11.9 Å². The van der Waals surface area contributed by atoms with Crippen molar-refractivity contribution in [3.05, 3.63) is 29.6 Å². The molecule has 0 aliphatic heterocycles. The monoisotopic (exact) mass is 252 g/mol. The van der Waals surface area contributed by atoms with Gasteiger partial charge in [0.15, 0.2) is 0 Å². The number of hydrogen-bond acceptors (Lipinski definition) is 4. The van der Waals surface area contributed by atoms with Crippen LogP contribution in [0.25, 0.3) is 0 Å². The number of nitrogens with one attached hydrogen (secondary N) is 1. The van der Waals surface area contributed by atoms with Gasteiger partial charge in [0.1, 0.15) is 11.9 Å². The number of hydrogen-bond donors (Lipinski definition) is 2. The van der Waals surface area contributed by atoms with Gasteiger partial charge in [-0.15, -0.1) is 0 Å². The van der Waals surface area contributed by atoms with Gasteiger partial charge in [0.25, 0.3) is 0 Å². The lowest BCUT2D eigenvalue weighted by molar-refractivity contribution is 0.0112. The molecule has 0 aliphatic carbocycles. The SMILES string of the molecule is CC(C)OCC(O)CNc1ccc(F)cc1C#N. The average molecular weight is 252 g/mol. The first-order valence-corrected chi connectivity index (χ1v) is 5.76. The zero-order valence-electron chi connectivity index (χ0n) is 10.5. The Kier molecular flexibility index (Phi) is 5.56. The number of nitriles is 1. The van der Waals surface area contributed by atoms with Crippen LogP contribution in [-0.2, 0) is 4.74 Å². The van der Waals surface area contributed by atoms with Gasteiger partial charge in [0.2, 0.25) is 0 Å². The van der Waals surface area contributed by atoms with Gasteiger partial charge in [-0.05, 0) is 32.0 Å². The van der Waals surface area contributed by atoms with Crippen LogP contribution in [0.5, 0.6) is 0 Å². The lowest BCUT2D eigenvalue weighted by Gasteiger charge is -2.15. The Hall–Kier alpha value is -1.64. The van der Waals surface area contributed by atoms with Crippen LogP contribution in [0.2, 0.25) is 0 Å². The Bertz CT molecular complexity index is 429. The second kappa shape index (κ2) is 6.94. The van der Waals surface area contributed by atoms with Crippen molar-refractivity contribution in [2.45, 2.75) is 26.1 Å². The summed E-state index contributed by atoms with van der Waals surface area (Å²) in [6, 6.07) is 5.79. The summed E-state index contributed by atoms with van der Waals surface area (Å²) >= 11 is 0. The average Bonchev–Trinajstić information content (AvgIpc) is 2.34. The highest BCUT2D eigenvalue weighted by molar-refractivity contribution is 5.57. The zero-order valence-corrected chi connectivity index (χ0v) is 10.5. The lowest BCUT2D eigenvalue weighted by Crippen LogP contribution is -2.26. The minimum absolute atomic E-state index is 0.0557. The topological polar surface area (TPSA) is 65.3 Å². The van der Waals surface area contributed by atoms with Crippen molar-refractivity contribution in [1.29, 1.82) is 5.26 Å². The van der Waals surface area contributed by atoms with Crippen LogP contribution < -0.4 is 5.32 Å². The van der Waals surface area contributed by atoms with E-state index in [4.69, 9.17) is 10.00 Å². The maximum absolute atomic E-state index is 12.9. The molecule has 1 aromatic rings. The molecule has 0 aliphatic rings. The quantitative estimate of drug-likeness (QED) is 0.811. The normalized spacial score (nSPS) is 12.2. The van der Waals surface area contributed by atoms with Gasteiger partial charge in [-0.25, -0.2) is 4.39 Å². The zero-order chi connectivity index (χ0) is 13.5. The molecule has 0 saturated carbocycles. The smallest absolute Gasteiger partial charge is 0.124 e. The number of rotatable bonds is 6. The fraction of sp³-hybridized carbons (Fsp3) is 0.462. The van der Waals surface area contributed by atoms with Gasteiger partial charge < -0.3 is 15.2 Å². The molecule has 1 unspecified atom stereocenters. The molecule has 5 heteroatoms. The first-order chi connectivity index (χ1) is 8.52. The molecular formula is C13H17FN2O2. The Balaban J connectivity index is 2.51. The van der Waals surface area contributed by atoms with Crippen molar-refractivity contribution in [2.24, 2.45) is 0 Å². The van der Waals surface area contributed by atoms with E-state index in [1.165, 1.54) is 12.1 Å². The number of halogens is 1. The second-order valence-corrected chi connectivity index (χ2v) is 4.22. The molecule has 1 atom stereocenters. The molecule has 0 spiro atoms. The van der Waals surface area contributed by atoms with Crippen molar-refractivity contribution in [3.8, 4) is 6.07 Å².